The van der Waals surface area contributed by atoms with Gasteiger partial charge in [-0.3, -0.25) is 0 Å². The topological polar surface area (TPSA) is 46.2 Å². The average molecular weight is 320 g/mol. The summed E-state index contributed by atoms with van der Waals surface area (Å²) in [5, 5.41) is 0. The number of benzene rings is 1. The van der Waals surface area contributed by atoms with Crippen molar-refractivity contribution in [1.82, 2.24) is 0 Å². The van der Waals surface area contributed by atoms with Crippen LogP contribution in [0.2, 0.25) is 0 Å². The molecular weight excluding hydrogens is 295 g/mol. The molecule has 23 heavy (non-hydrogen) atoms. The monoisotopic (exact) mass is 320 g/mol. The Balaban J connectivity index is 1.57. The van der Waals surface area contributed by atoms with Gasteiger partial charge in [-0.2, -0.15) is 0 Å². The highest BCUT2D eigenvalue weighted by atomic mass is 16.7. The number of ether oxygens (including phenoxy) is 3. The second-order valence-corrected chi connectivity index (χ2v) is 7.04. The molecule has 2 aliphatic heterocycles. The molecule has 6 heteroatoms. The van der Waals surface area contributed by atoms with Crippen molar-refractivity contribution < 1.29 is 23.5 Å². The van der Waals surface area contributed by atoms with Gasteiger partial charge in [0, 0.05) is 0 Å². The number of rotatable bonds is 4. The molecule has 0 saturated carbocycles. The molecule has 0 unspecified atom stereocenters. The molecule has 0 N–H and O–H groups in total. The third kappa shape index (κ3) is 3.71. The lowest BCUT2D eigenvalue weighted by molar-refractivity contribution is -0.101. The molecular formula is C17H25BO5. The van der Waals surface area contributed by atoms with E-state index >= 15 is 0 Å². The second kappa shape index (κ2) is 6.44. The maximum absolute atomic E-state index is 6.05. The predicted molar refractivity (Wildman–Crippen MR) is 88.2 cm³/mol. The van der Waals surface area contributed by atoms with Crippen LogP contribution in [0.3, 0.4) is 0 Å². The summed E-state index contributed by atoms with van der Waals surface area (Å²) in [6.07, 6.45) is 0.00604. The zero-order chi connectivity index (χ0) is 16.5. The summed E-state index contributed by atoms with van der Waals surface area (Å²) in [6, 6.07) is 7.83. The third-order valence-corrected chi connectivity index (χ3v) is 4.73. The first kappa shape index (κ1) is 16.8. The maximum Gasteiger partial charge on any atom is 0.494 e. The van der Waals surface area contributed by atoms with Crippen LogP contribution in [0.15, 0.2) is 24.3 Å². The molecule has 2 fully saturated rings. The van der Waals surface area contributed by atoms with Gasteiger partial charge >= 0.3 is 7.12 Å². The Morgan fingerprint density at radius 3 is 2.26 bits per heavy atom. The van der Waals surface area contributed by atoms with Crippen molar-refractivity contribution in [3.05, 3.63) is 24.3 Å². The van der Waals surface area contributed by atoms with Gasteiger partial charge in [0.1, 0.15) is 18.5 Å². The van der Waals surface area contributed by atoms with Gasteiger partial charge in [-0.1, -0.05) is 12.1 Å². The lowest BCUT2D eigenvalue weighted by Crippen LogP contribution is -2.41. The molecule has 0 bridgehead atoms. The fraction of sp³-hybridized carbons (Fsp3) is 0.647. The van der Waals surface area contributed by atoms with E-state index in [4.69, 9.17) is 23.5 Å². The molecule has 2 heterocycles. The van der Waals surface area contributed by atoms with Gasteiger partial charge in [0.15, 0.2) is 0 Å². The van der Waals surface area contributed by atoms with Crippen LogP contribution in [0.25, 0.3) is 0 Å². The summed E-state index contributed by atoms with van der Waals surface area (Å²) in [5.74, 6) is 0.805. The number of hydrogen-bond donors (Lipinski definition) is 0. The van der Waals surface area contributed by atoms with E-state index in [0.717, 1.165) is 11.2 Å². The molecule has 1 atom stereocenters. The van der Waals surface area contributed by atoms with Gasteiger partial charge in [0.25, 0.3) is 0 Å². The standard InChI is InChI=1S/C17H25BO5/c1-16(2)17(3,4)23-18(22-16)13-5-7-14(8-6-13)21-12-15-11-19-9-10-20-15/h5-8,15H,9-12H2,1-4H3/t15-/m1/s1. The SMILES string of the molecule is CC1(C)OB(c2ccc(OC[C@H]3COCCO3)cc2)OC1(C)C. The van der Waals surface area contributed by atoms with E-state index in [2.05, 4.69) is 27.7 Å². The average Bonchev–Trinajstić information content (AvgIpc) is 2.75. The van der Waals surface area contributed by atoms with E-state index in [1.54, 1.807) is 0 Å². The minimum atomic E-state index is -0.343. The van der Waals surface area contributed by atoms with Gasteiger partial charge in [0.05, 0.1) is 31.0 Å². The second-order valence-electron chi connectivity index (χ2n) is 7.04. The van der Waals surface area contributed by atoms with E-state index in [1.165, 1.54) is 0 Å². The van der Waals surface area contributed by atoms with Gasteiger partial charge in [-0.15, -0.1) is 0 Å². The van der Waals surface area contributed by atoms with E-state index in [-0.39, 0.29) is 24.4 Å². The Morgan fingerprint density at radius 2 is 1.70 bits per heavy atom. The lowest BCUT2D eigenvalue weighted by atomic mass is 9.79. The maximum atomic E-state index is 6.05. The molecule has 3 rings (SSSR count). The first-order chi connectivity index (χ1) is 10.9. The Hall–Kier alpha value is -1.08. The lowest BCUT2D eigenvalue weighted by Gasteiger charge is -2.32. The molecule has 1 aromatic carbocycles. The summed E-state index contributed by atoms with van der Waals surface area (Å²) < 4.78 is 28.8. The largest absolute Gasteiger partial charge is 0.494 e. The third-order valence-electron chi connectivity index (χ3n) is 4.73. The van der Waals surface area contributed by atoms with Crippen molar-refractivity contribution in [2.24, 2.45) is 0 Å². The normalized spacial score (nSPS) is 26.3. The molecule has 126 valence electrons. The zero-order valence-electron chi connectivity index (χ0n) is 14.3. The summed E-state index contributed by atoms with van der Waals surface area (Å²) in [4.78, 5) is 0. The molecule has 0 spiro atoms. The summed E-state index contributed by atoms with van der Waals surface area (Å²) in [7, 11) is -0.343. The highest BCUT2D eigenvalue weighted by molar-refractivity contribution is 6.62. The minimum Gasteiger partial charge on any atom is -0.491 e. The van der Waals surface area contributed by atoms with Gasteiger partial charge in [-0.25, -0.2) is 0 Å². The van der Waals surface area contributed by atoms with Gasteiger partial charge < -0.3 is 23.5 Å². The minimum absolute atomic E-state index is 0.00604. The van der Waals surface area contributed by atoms with Crippen LogP contribution in [0.1, 0.15) is 27.7 Å². The van der Waals surface area contributed by atoms with Crippen LogP contribution >= 0.6 is 0 Å². The van der Waals surface area contributed by atoms with Crippen LogP contribution in [-0.2, 0) is 18.8 Å². The number of hydrogen-bond acceptors (Lipinski definition) is 5. The molecule has 1 aromatic rings. The Bertz CT molecular complexity index is 506. The molecule has 0 radical (unpaired) electrons. The van der Waals surface area contributed by atoms with Crippen molar-refractivity contribution >= 4 is 12.6 Å². The zero-order valence-corrected chi connectivity index (χ0v) is 14.3. The first-order valence-corrected chi connectivity index (χ1v) is 8.15. The van der Waals surface area contributed by atoms with Crippen molar-refractivity contribution in [2.75, 3.05) is 26.4 Å². The quantitative estimate of drug-likeness (QED) is 0.792. The highest BCUT2D eigenvalue weighted by Crippen LogP contribution is 2.36. The fourth-order valence-electron chi connectivity index (χ4n) is 2.52. The van der Waals surface area contributed by atoms with Crippen LogP contribution in [0.5, 0.6) is 5.75 Å². The van der Waals surface area contributed by atoms with Crippen molar-refractivity contribution in [3.63, 3.8) is 0 Å². The van der Waals surface area contributed by atoms with E-state index in [9.17, 15) is 0 Å². The molecule has 0 amide bonds. The van der Waals surface area contributed by atoms with Crippen LogP contribution in [0, 0.1) is 0 Å². The van der Waals surface area contributed by atoms with Gasteiger partial charge in [0.2, 0.25) is 0 Å². The van der Waals surface area contributed by atoms with E-state index in [1.807, 2.05) is 24.3 Å². The van der Waals surface area contributed by atoms with Crippen molar-refractivity contribution in [3.8, 4) is 5.75 Å². The summed E-state index contributed by atoms with van der Waals surface area (Å²) in [6.45, 7) is 10.6. The van der Waals surface area contributed by atoms with Gasteiger partial charge in [-0.05, 0) is 45.3 Å². The summed E-state index contributed by atoms with van der Waals surface area (Å²) >= 11 is 0. The Kier molecular flexibility index (Phi) is 4.69. The Morgan fingerprint density at radius 1 is 1.04 bits per heavy atom. The predicted octanol–water partition coefficient (Wildman–Crippen LogP) is 1.78. The van der Waals surface area contributed by atoms with E-state index < -0.39 is 0 Å². The van der Waals surface area contributed by atoms with E-state index in [0.29, 0.717) is 26.4 Å². The highest BCUT2D eigenvalue weighted by Gasteiger charge is 2.51. The first-order valence-electron chi connectivity index (χ1n) is 8.15. The molecule has 0 aromatic heterocycles. The summed E-state index contributed by atoms with van der Waals surface area (Å²) in [5.41, 5.74) is 0.337. The molecule has 0 aliphatic carbocycles. The molecule has 2 saturated heterocycles. The fourth-order valence-corrected chi connectivity index (χ4v) is 2.52. The smallest absolute Gasteiger partial charge is 0.491 e. The van der Waals surface area contributed by atoms with Crippen LogP contribution < -0.4 is 10.2 Å². The van der Waals surface area contributed by atoms with Crippen molar-refractivity contribution in [1.29, 1.82) is 0 Å². The molecule has 5 nitrogen and oxygen atoms in total. The van der Waals surface area contributed by atoms with Crippen molar-refractivity contribution in [2.45, 2.75) is 45.0 Å². The molecule has 2 aliphatic rings. The Labute approximate surface area is 138 Å². The van der Waals surface area contributed by atoms with Crippen LogP contribution in [-0.4, -0.2) is 50.9 Å². The van der Waals surface area contributed by atoms with Crippen LogP contribution in [0.4, 0.5) is 0 Å².